The summed E-state index contributed by atoms with van der Waals surface area (Å²) >= 11 is 0. The van der Waals surface area contributed by atoms with Crippen molar-refractivity contribution in [3.05, 3.63) is 66.3 Å². The van der Waals surface area contributed by atoms with E-state index < -0.39 is 0 Å². The van der Waals surface area contributed by atoms with Gasteiger partial charge in [-0.3, -0.25) is 4.79 Å². The molecule has 0 radical (unpaired) electrons. The molecule has 0 saturated carbocycles. The van der Waals surface area contributed by atoms with Crippen LogP contribution in [0.4, 0.5) is 0 Å². The number of ether oxygens (including phenoxy) is 1. The summed E-state index contributed by atoms with van der Waals surface area (Å²) in [5, 5.41) is 2.87. The van der Waals surface area contributed by atoms with Crippen molar-refractivity contribution in [3.63, 3.8) is 0 Å². The molecule has 29 heavy (non-hydrogen) atoms. The summed E-state index contributed by atoms with van der Waals surface area (Å²) < 4.78 is 5.18. The van der Waals surface area contributed by atoms with Crippen molar-refractivity contribution < 1.29 is 9.53 Å². The van der Waals surface area contributed by atoms with Crippen LogP contribution in [0.2, 0.25) is 0 Å². The SMILES string of the molecule is CCCCCCCCCCCC=CC=CC=CC(=O)NCc1cccc(OC)c1. The predicted molar refractivity (Wildman–Crippen MR) is 124 cm³/mol. The zero-order valence-corrected chi connectivity index (χ0v) is 18.4. The van der Waals surface area contributed by atoms with Crippen molar-refractivity contribution in [2.45, 2.75) is 77.7 Å². The minimum absolute atomic E-state index is 0.101. The lowest BCUT2D eigenvalue weighted by Gasteiger charge is -2.04. The number of methoxy groups -OCH3 is 1. The molecule has 160 valence electrons. The monoisotopic (exact) mass is 397 g/mol. The number of carbonyl (C=O) groups is 1. The van der Waals surface area contributed by atoms with Crippen LogP contribution in [-0.4, -0.2) is 13.0 Å². The summed E-state index contributed by atoms with van der Waals surface area (Å²) in [4.78, 5) is 11.8. The second kappa shape index (κ2) is 17.8. The highest BCUT2D eigenvalue weighted by Crippen LogP contribution is 2.12. The van der Waals surface area contributed by atoms with E-state index in [2.05, 4.69) is 24.4 Å². The maximum absolute atomic E-state index is 11.8. The van der Waals surface area contributed by atoms with Crippen LogP contribution in [0.1, 0.15) is 76.7 Å². The Morgan fingerprint density at radius 2 is 1.62 bits per heavy atom. The summed E-state index contributed by atoms with van der Waals surface area (Å²) in [5.74, 6) is 0.695. The van der Waals surface area contributed by atoms with Gasteiger partial charge in [0, 0.05) is 12.6 Å². The molecule has 0 fully saturated rings. The molecule has 0 unspecified atom stereocenters. The zero-order valence-electron chi connectivity index (χ0n) is 18.4. The third-order valence-electron chi connectivity index (χ3n) is 4.79. The molecule has 1 aromatic rings. The molecular formula is C26H39NO2. The number of allylic oxidation sites excluding steroid dienone is 5. The van der Waals surface area contributed by atoms with Gasteiger partial charge in [-0.1, -0.05) is 101 Å². The van der Waals surface area contributed by atoms with Crippen molar-refractivity contribution in [2.75, 3.05) is 7.11 Å². The molecule has 3 nitrogen and oxygen atoms in total. The summed E-state index contributed by atoms with van der Waals surface area (Å²) in [7, 11) is 1.64. The molecule has 1 rings (SSSR count). The number of rotatable bonds is 16. The molecule has 0 aliphatic rings. The van der Waals surface area contributed by atoms with Gasteiger partial charge in [0.25, 0.3) is 0 Å². The largest absolute Gasteiger partial charge is 0.497 e. The number of carbonyl (C=O) groups excluding carboxylic acids is 1. The molecule has 0 spiro atoms. The van der Waals surface area contributed by atoms with Gasteiger partial charge in [-0.25, -0.2) is 0 Å². The van der Waals surface area contributed by atoms with Crippen LogP contribution in [0.25, 0.3) is 0 Å². The minimum atomic E-state index is -0.101. The first-order valence-corrected chi connectivity index (χ1v) is 11.2. The molecule has 0 aliphatic carbocycles. The molecule has 0 atom stereocenters. The third kappa shape index (κ3) is 14.4. The van der Waals surface area contributed by atoms with Crippen LogP contribution in [-0.2, 0) is 11.3 Å². The molecule has 1 aromatic carbocycles. The average Bonchev–Trinajstić information content (AvgIpc) is 2.75. The van der Waals surface area contributed by atoms with Gasteiger partial charge in [0.15, 0.2) is 0 Å². The van der Waals surface area contributed by atoms with Gasteiger partial charge in [0.05, 0.1) is 7.11 Å². The standard InChI is InChI=1S/C26H39NO2/c1-3-4-5-6-7-8-9-10-11-12-13-14-15-16-17-21-26(28)27-23-24-19-18-20-25(22-24)29-2/h13-22H,3-12,23H2,1-2H3,(H,27,28). The first-order valence-electron chi connectivity index (χ1n) is 11.2. The van der Waals surface area contributed by atoms with Gasteiger partial charge in [-0.2, -0.15) is 0 Å². The van der Waals surface area contributed by atoms with E-state index in [-0.39, 0.29) is 5.91 Å². The Bertz CT molecular complexity index is 631. The van der Waals surface area contributed by atoms with Crippen molar-refractivity contribution >= 4 is 5.91 Å². The van der Waals surface area contributed by atoms with Crippen molar-refractivity contribution in [3.8, 4) is 5.75 Å². The lowest BCUT2D eigenvalue weighted by molar-refractivity contribution is -0.116. The Morgan fingerprint density at radius 3 is 2.34 bits per heavy atom. The highest BCUT2D eigenvalue weighted by molar-refractivity contribution is 5.87. The van der Waals surface area contributed by atoms with E-state index >= 15 is 0 Å². The normalized spacial score (nSPS) is 11.7. The lowest BCUT2D eigenvalue weighted by atomic mass is 10.1. The maximum Gasteiger partial charge on any atom is 0.244 e. The molecular weight excluding hydrogens is 358 g/mol. The van der Waals surface area contributed by atoms with Crippen molar-refractivity contribution in [1.82, 2.24) is 5.32 Å². The Labute approximate surface area is 177 Å². The van der Waals surface area contributed by atoms with Gasteiger partial charge >= 0.3 is 0 Å². The number of unbranched alkanes of at least 4 members (excludes halogenated alkanes) is 9. The van der Waals surface area contributed by atoms with Crippen LogP contribution in [0.5, 0.6) is 5.75 Å². The van der Waals surface area contributed by atoms with Crippen LogP contribution in [0.15, 0.2) is 60.7 Å². The average molecular weight is 398 g/mol. The van der Waals surface area contributed by atoms with Crippen LogP contribution in [0.3, 0.4) is 0 Å². The van der Waals surface area contributed by atoms with Gasteiger partial charge in [-0.05, 0) is 30.5 Å². The van der Waals surface area contributed by atoms with Crippen molar-refractivity contribution in [2.24, 2.45) is 0 Å². The van der Waals surface area contributed by atoms with E-state index in [0.717, 1.165) is 17.7 Å². The molecule has 1 amide bonds. The number of benzene rings is 1. The predicted octanol–water partition coefficient (Wildman–Crippen LogP) is 6.90. The Balaban J connectivity index is 2.03. The summed E-state index contributed by atoms with van der Waals surface area (Å²) in [6.45, 7) is 2.75. The van der Waals surface area contributed by atoms with E-state index in [1.54, 1.807) is 19.3 Å². The highest BCUT2D eigenvalue weighted by atomic mass is 16.5. The highest BCUT2D eigenvalue weighted by Gasteiger charge is 1.98. The lowest BCUT2D eigenvalue weighted by Crippen LogP contribution is -2.20. The van der Waals surface area contributed by atoms with E-state index in [1.165, 1.54) is 57.8 Å². The number of nitrogens with one attached hydrogen (secondary N) is 1. The second-order valence-corrected chi connectivity index (χ2v) is 7.36. The number of hydrogen-bond acceptors (Lipinski definition) is 2. The van der Waals surface area contributed by atoms with Gasteiger partial charge in [0.2, 0.25) is 5.91 Å². The first-order chi connectivity index (χ1) is 14.3. The summed E-state index contributed by atoms with van der Waals surface area (Å²) in [6.07, 6.45) is 24.8. The van der Waals surface area contributed by atoms with Gasteiger partial charge in [0.1, 0.15) is 5.75 Å². The molecule has 0 saturated heterocycles. The fourth-order valence-corrected chi connectivity index (χ4v) is 3.05. The van der Waals surface area contributed by atoms with Gasteiger partial charge in [-0.15, -0.1) is 0 Å². The molecule has 0 heterocycles. The minimum Gasteiger partial charge on any atom is -0.497 e. The van der Waals surface area contributed by atoms with Crippen LogP contribution >= 0.6 is 0 Å². The Morgan fingerprint density at radius 1 is 0.931 bits per heavy atom. The third-order valence-corrected chi connectivity index (χ3v) is 4.79. The Kier molecular flexibility index (Phi) is 15.2. The molecule has 0 aromatic heterocycles. The van der Waals surface area contributed by atoms with E-state index in [9.17, 15) is 4.79 Å². The molecule has 3 heteroatoms. The molecule has 0 bridgehead atoms. The molecule has 0 aliphatic heterocycles. The van der Waals surface area contributed by atoms with E-state index in [0.29, 0.717) is 6.54 Å². The number of amides is 1. The van der Waals surface area contributed by atoms with Crippen molar-refractivity contribution in [1.29, 1.82) is 0 Å². The fourth-order valence-electron chi connectivity index (χ4n) is 3.05. The quantitative estimate of drug-likeness (QED) is 0.187. The zero-order chi connectivity index (χ0) is 21.0. The fraction of sp³-hybridized carbons (Fsp3) is 0.500. The van der Waals surface area contributed by atoms with E-state index in [4.69, 9.17) is 4.74 Å². The topological polar surface area (TPSA) is 38.3 Å². The van der Waals surface area contributed by atoms with E-state index in [1.807, 2.05) is 36.4 Å². The maximum atomic E-state index is 11.8. The summed E-state index contributed by atoms with van der Waals surface area (Å²) in [5.41, 5.74) is 1.01. The van der Waals surface area contributed by atoms with Crippen LogP contribution < -0.4 is 10.1 Å². The Hall–Kier alpha value is -2.29. The first kappa shape index (κ1) is 24.7. The van der Waals surface area contributed by atoms with Gasteiger partial charge < -0.3 is 10.1 Å². The smallest absolute Gasteiger partial charge is 0.244 e. The van der Waals surface area contributed by atoms with Crippen LogP contribution in [0, 0.1) is 0 Å². The second-order valence-electron chi connectivity index (χ2n) is 7.36. The number of hydrogen-bond donors (Lipinski definition) is 1. The molecule has 1 N–H and O–H groups in total. The summed E-state index contributed by atoms with van der Waals surface area (Å²) in [6, 6.07) is 7.69.